The Labute approximate surface area is 160 Å². The largest absolute Gasteiger partial charge is 0.462 e. The molecule has 148 valence electrons. The van der Waals surface area contributed by atoms with Gasteiger partial charge in [-0.3, -0.25) is 4.79 Å². The van der Waals surface area contributed by atoms with Crippen molar-refractivity contribution in [3.63, 3.8) is 0 Å². The third kappa shape index (κ3) is 4.81. The number of esters is 2. The maximum atomic E-state index is 12.9. The molecule has 2 N–H and O–H groups in total. The van der Waals surface area contributed by atoms with E-state index in [0.717, 1.165) is 12.1 Å². The summed E-state index contributed by atoms with van der Waals surface area (Å²) in [6.07, 6.45) is 1.18. The third-order valence-electron chi connectivity index (χ3n) is 3.70. The van der Waals surface area contributed by atoms with Crippen molar-refractivity contribution < 1.29 is 28.2 Å². The fourth-order valence-electron chi connectivity index (χ4n) is 2.41. The van der Waals surface area contributed by atoms with E-state index in [1.54, 1.807) is 20.8 Å². The molecule has 1 aromatic carbocycles. The minimum atomic E-state index is -0.641. The Morgan fingerprint density at radius 1 is 1.11 bits per heavy atom. The van der Waals surface area contributed by atoms with E-state index in [4.69, 9.17) is 9.47 Å². The van der Waals surface area contributed by atoms with Gasteiger partial charge in [-0.2, -0.15) is 5.10 Å². The summed E-state index contributed by atoms with van der Waals surface area (Å²) in [7, 11) is 0. The van der Waals surface area contributed by atoms with E-state index in [9.17, 15) is 18.8 Å². The lowest BCUT2D eigenvalue weighted by Gasteiger charge is -2.03. The number of carbonyl (C=O) groups excluding carboxylic acids is 3. The lowest BCUT2D eigenvalue weighted by molar-refractivity contribution is 0.0518. The molecule has 0 fully saturated rings. The fraction of sp³-hybridized carbons (Fsp3) is 0.263. The highest BCUT2D eigenvalue weighted by Crippen LogP contribution is 2.19. The van der Waals surface area contributed by atoms with Crippen LogP contribution in [0.5, 0.6) is 0 Å². The van der Waals surface area contributed by atoms with Crippen molar-refractivity contribution in [3.05, 3.63) is 58.2 Å². The summed E-state index contributed by atoms with van der Waals surface area (Å²) in [5.74, 6) is -2.30. The Morgan fingerprint density at radius 3 is 2.32 bits per heavy atom. The topological polar surface area (TPSA) is 110 Å². The number of halogens is 1. The summed E-state index contributed by atoms with van der Waals surface area (Å²) in [6, 6.07) is 4.92. The van der Waals surface area contributed by atoms with Crippen LogP contribution in [0.1, 0.15) is 56.3 Å². The summed E-state index contributed by atoms with van der Waals surface area (Å²) in [5, 5.41) is 3.79. The molecule has 0 saturated carbocycles. The van der Waals surface area contributed by atoms with Crippen molar-refractivity contribution >= 4 is 24.1 Å². The molecule has 1 heterocycles. The minimum absolute atomic E-state index is 0.0937. The van der Waals surface area contributed by atoms with Crippen molar-refractivity contribution in [3.8, 4) is 0 Å². The van der Waals surface area contributed by atoms with Crippen LogP contribution in [0.4, 0.5) is 4.39 Å². The van der Waals surface area contributed by atoms with Crippen LogP contribution in [-0.4, -0.2) is 42.3 Å². The van der Waals surface area contributed by atoms with E-state index >= 15 is 0 Å². The number of amides is 1. The Balaban J connectivity index is 2.27. The highest BCUT2D eigenvalue weighted by molar-refractivity contribution is 6.04. The number of carbonyl (C=O) groups is 3. The molecule has 0 bridgehead atoms. The fourth-order valence-corrected chi connectivity index (χ4v) is 2.41. The van der Waals surface area contributed by atoms with E-state index in [1.165, 1.54) is 18.3 Å². The van der Waals surface area contributed by atoms with Crippen molar-refractivity contribution in [1.82, 2.24) is 10.4 Å². The van der Waals surface area contributed by atoms with E-state index in [1.807, 2.05) is 0 Å². The molecule has 8 nitrogen and oxygen atoms in total. The SMILES string of the molecule is CCOC(=O)c1[nH]c(C=NNC(=O)c2ccc(F)cc2)c(C(=O)OCC)c1C. The molecule has 0 unspecified atom stereocenters. The van der Waals surface area contributed by atoms with Crippen molar-refractivity contribution in [2.75, 3.05) is 13.2 Å². The second kappa shape index (κ2) is 9.45. The predicted molar refractivity (Wildman–Crippen MR) is 98.9 cm³/mol. The highest BCUT2D eigenvalue weighted by atomic mass is 19.1. The predicted octanol–water partition coefficient (Wildman–Crippen LogP) is 2.58. The van der Waals surface area contributed by atoms with Gasteiger partial charge in [0.25, 0.3) is 5.91 Å². The molecule has 0 radical (unpaired) electrons. The van der Waals surface area contributed by atoms with Crippen LogP contribution in [-0.2, 0) is 9.47 Å². The lowest BCUT2D eigenvalue weighted by Crippen LogP contribution is -2.18. The van der Waals surface area contributed by atoms with Crippen molar-refractivity contribution in [1.29, 1.82) is 0 Å². The average Bonchev–Trinajstić information content (AvgIpc) is 2.99. The van der Waals surface area contributed by atoms with Crippen molar-refractivity contribution in [2.24, 2.45) is 5.10 Å². The zero-order valence-corrected chi connectivity index (χ0v) is 15.7. The maximum absolute atomic E-state index is 12.9. The molecule has 0 aliphatic carbocycles. The summed E-state index contributed by atoms with van der Waals surface area (Å²) in [4.78, 5) is 39.1. The quantitative estimate of drug-likeness (QED) is 0.430. The number of H-pyrrole nitrogens is 1. The molecule has 0 aliphatic rings. The van der Waals surface area contributed by atoms with Gasteiger partial charge < -0.3 is 14.5 Å². The van der Waals surface area contributed by atoms with Crippen LogP contribution in [0, 0.1) is 12.7 Å². The Hall–Kier alpha value is -3.49. The zero-order chi connectivity index (χ0) is 20.7. The zero-order valence-electron chi connectivity index (χ0n) is 15.7. The third-order valence-corrected chi connectivity index (χ3v) is 3.70. The van der Waals surface area contributed by atoms with Gasteiger partial charge in [-0.1, -0.05) is 0 Å². The number of hydrogen-bond acceptors (Lipinski definition) is 6. The molecular formula is C19H20FN3O5. The van der Waals surface area contributed by atoms with E-state index in [-0.39, 0.29) is 35.7 Å². The first-order valence-electron chi connectivity index (χ1n) is 8.54. The summed E-state index contributed by atoms with van der Waals surface area (Å²) >= 11 is 0. The van der Waals surface area contributed by atoms with Gasteiger partial charge in [-0.15, -0.1) is 0 Å². The highest BCUT2D eigenvalue weighted by Gasteiger charge is 2.24. The van der Waals surface area contributed by atoms with Crippen LogP contribution in [0.2, 0.25) is 0 Å². The molecule has 0 saturated heterocycles. The number of hydrazone groups is 1. The first-order chi connectivity index (χ1) is 13.4. The van der Waals surface area contributed by atoms with Gasteiger partial charge in [0.1, 0.15) is 11.5 Å². The first kappa shape index (κ1) is 20.8. The maximum Gasteiger partial charge on any atom is 0.355 e. The smallest absolute Gasteiger partial charge is 0.355 e. The number of aromatic amines is 1. The van der Waals surface area contributed by atoms with Gasteiger partial charge in [-0.25, -0.2) is 19.4 Å². The number of nitrogens with zero attached hydrogens (tertiary/aromatic N) is 1. The Bertz CT molecular complexity index is 903. The van der Waals surface area contributed by atoms with Gasteiger partial charge in [0.2, 0.25) is 0 Å². The van der Waals surface area contributed by atoms with E-state index < -0.39 is 23.7 Å². The Morgan fingerprint density at radius 2 is 1.71 bits per heavy atom. The van der Waals surface area contributed by atoms with Crippen LogP contribution >= 0.6 is 0 Å². The molecule has 9 heteroatoms. The summed E-state index contributed by atoms with van der Waals surface area (Å²) in [6.45, 7) is 5.21. The first-order valence-corrected chi connectivity index (χ1v) is 8.54. The molecule has 0 aliphatic heterocycles. The normalized spacial score (nSPS) is 10.7. The van der Waals surface area contributed by atoms with Crippen LogP contribution in [0.3, 0.4) is 0 Å². The number of nitrogens with one attached hydrogen (secondary N) is 2. The molecule has 2 rings (SSSR count). The summed E-state index contributed by atoms with van der Waals surface area (Å²) in [5.41, 5.74) is 3.21. The van der Waals surface area contributed by atoms with Gasteiger partial charge >= 0.3 is 11.9 Å². The average molecular weight is 389 g/mol. The molecule has 0 spiro atoms. The summed E-state index contributed by atoms with van der Waals surface area (Å²) < 4.78 is 22.9. The second-order valence-corrected chi connectivity index (χ2v) is 5.56. The molecular weight excluding hydrogens is 369 g/mol. The molecule has 28 heavy (non-hydrogen) atoms. The number of hydrogen-bond donors (Lipinski definition) is 2. The monoisotopic (exact) mass is 389 g/mol. The van der Waals surface area contributed by atoms with Gasteiger partial charge in [0.15, 0.2) is 0 Å². The number of ether oxygens (including phenoxy) is 2. The lowest BCUT2D eigenvalue weighted by atomic mass is 10.1. The van der Waals surface area contributed by atoms with Crippen LogP contribution in [0.25, 0.3) is 0 Å². The molecule has 1 amide bonds. The van der Waals surface area contributed by atoms with Gasteiger partial charge in [0.05, 0.1) is 30.7 Å². The standard InChI is InChI=1S/C19H20FN3O5/c1-4-27-18(25)15-11(3)16(19(26)28-5-2)22-14(15)10-21-23-17(24)12-6-8-13(20)9-7-12/h6-10,22H,4-5H2,1-3H3,(H,23,24). The second-order valence-electron chi connectivity index (χ2n) is 5.56. The molecule has 2 aromatic rings. The van der Waals surface area contributed by atoms with Gasteiger partial charge in [-0.05, 0) is 50.6 Å². The number of benzene rings is 1. The van der Waals surface area contributed by atoms with Crippen LogP contribution < -0.4 is 5.43 Å². The van der Waals surface area contributed by atoms with Crippen molar-refractivity contribution in [2.45, 2.75) is 20.8 Å². The number of aromatic nitrogens is 1. The number of rotatable bonds is 7. The molecule has 0 atom stereocenters. The van der Waals surface area contributed by atoms with E-state index in [0.29, 0.717) is 5.56 Å². The van der Waals surface area contributed by atoms with Crippen LogP contribution in [0.15, 0.2) is 29.4 Å². The van der Waals surface area contributed by atoms with Gasteiger partial charge in [0, 0.05) is 5.56 Å². The molecule has 1 aromatic heterocycles. The minimum Gasteiger partial charge on any atom is -0.462 e. The Kier molecular flexibility index (Phi) is 7.02. The van der Waals surface area contributed by atoms with E-state index in [2.05, 4.69) is 15.5 Å².